The Morgan fingerprint density at radius 3 is 2.46 bits per heavy atom. The van der Waals surface area contributed by atoms with Gasteiger partial charge in [0.1, 0.15) is 29.7 Å². The molecule has 0 bridgehead atoms. The molecule has 0 atom stereocenters. The second-order valence-electron chi connectivity index (χ2n) is 11.5. The Labute approximate surface area is 266 Å². The van der Waals surface area contributed by atoms with Crippen LogP contribution in [0.1, 0.15) is 31.0 Å². The van der Waals surface area contributed by atoms with Gasteiger partial charge in [0.05, 0.1) is 17.1 Å². The lowest BCUT2D eigenvalue weighted by Crippen LogP contribution is -2.31. The summed E-state index contributed by atoms with van der Waals surface area (Å²) in [4.78, 5) is 29.6. The van der Waals surface area contributed by atoms with Crippen LogP contribution in [0, 0.1) is 6.92 Å². The zero-order valence-corrected chi connectivity index (χ0v) is 26.0. The Hall–Kier alpha value is -5.26. The molecule has 1 saturated heterocycles. The average Bonchev–Trinajstić information content (AvgIpc) is 3.48. The molecule has 11 nitrogen and oxygen atoms in total. The Morgan fingerprint density at radius 1 is 0.935 bits per heavy atom. The van der Waals surface area contributed by atoms with Gasteiger partial charge in [-0.15, -0.1) is 0 Å². The Morgan fingerprint density at radius 2 is 1.70 bits per heavy atom. The normalized spacial score (nSPS) is 14.1. The second-order valence-corrected chi connectivity index (χ2v) is 11.5. The Kier molecular flexibility index (Phi) is 8.95. The SMILES string of the molecule is COCC(=O)Nc1cc(Oc2ccc(NC(=O)Nc3cc(C4(C)CCOCC4)nn3-c3ccc(C)cc3)c3ccccc23)ccn1. The summed E-state index contributed by atoms with van der Waals surface area (Å²) in [6.07, 6.45) is 3.26. The monoisotopic (exact) mass is 620 g/mol. The maximum Gasteiger partial charge on any atom is 0.324 e. The number of amides is 3. The van der Waals surface area contributed by atoms with Gasteiger partial charge in [-0.25, -0.2) is 14.5 Å². The third-order valence-corrected chi connectivity index (χ3v) is 8.08. The van der Waals surface area contributed by atoms with Crippen molar-refractivity contribution in [3.63, 3.8) is 0 Å². The molecule has 2 aromatic heterocycles. The first-order chi connectivity index (χ1) is 22.3. The summed E-state index contributed by atoms with van der Waals surface area (Å²) in [6, 6.07) is 24.2. The molecular weight excluding hydrogens is 584 g/mol. The molecule has 3 amide bonds. The summed E-state index contributed by atoms with van der Waals surface area (Å²) >= 11 is 0. The molecular formula is C35H36N6O5. The van der Waals surface area contributed by atoms with Gasteiger partial charge in [0.2, 0.25) is 0 Å². The smallest absolute Gasteiger partial charge is 0.324 e. The number of aromatic nitrogens is 3. The van der Waals surface area contributed by atoms with Crippen molar-refractivity contribution in [2.45, 2.75) is 32.1 Å². The molecule has 0 spiro atoms. The molecule has 11 heteroatoms. The number of hydrogen-bond acceptors (Lipinski definition) is 7. The van der Waals surface area contributed by atoms with E-state index < -0.39 is 6.03 Å². The van der Waals surface area contributed by atoms with Crippen molar-refractivity contribution in [2.24, 2.45) is 0 Å². The number of nitrogens with zero attached hydrogens (tertiary/aromatic N) is 3. The molecule has 236 valence electrons. The fraction of sp³-hybridized carbons (Fsp3) is 0.257. The highest BCUT2D eigenvalue weighted by Gasteiger charge is 2.33. The minimum absolute atomic E-state index is 0.0797. The van der Waals surface area contributed by atoms with Crippen molar-refractivity contribution in [3.8, 4) is 17.2 Å². The first-order valence-corrected chi connectivity index (χ1v) is 15.1. The minimum Gasteiger partial charge on any atom is -0.457 e. The van der Waals surface area contributed by atoms with Gasteiger partial charge < -0.3 is 24.8 Å². The average molecular weight is 621 g/mol. The number of methoxy groups -OCH3 is 1. The number of hydrogen-bond donors (Lipinski definition) is 3. The number of aryl methyl sites for hydroxylation is 1. The van der Waals surface area contributed by atoms with Gasteiger partial charge in [0.15, 0.2) is 0 Å². The lowest BCUT2D eigenvalue weighted by Gasteiger charge is -2.31. The topological polar surface area (TPSA) is 129 Å². The molecule has 5 aromatic rings. The van der Waals surface area contributed by atoms with E-state index in [4.69, 9.17) is 19.3 Å². The Bertz CT molecular complexity index is 1860. The molecule has 1 aliphatic rings. The van der Waals surface area contributed by atoms with Gasteiger partial charge in [0.25, 0.3) is 5.91 Å². The molecule has 6 rings (SSSR count). The molecule has 0 aliphatic carbocycles. The number of carbonyl (C=O) groups is 2. The zero-order valence-electron chi connectivity index (χ0n) is 26.0. The summed E-state index contributed by atoms with van der Waals surface area (Å²) in [5.74, 6) is 1.66. The zero-order chi connectivity index (χ0) is 32.1. The van der Waals surface area contributed by atoms with Crippen molar-refractivity contribution < 1.29 is 23.8 Å². The number of carbonyl (C=O) groups excluding carboxylic acids is 2. The number of nitrogens with one attached hydrogen (secondary N) is 3. The van der Waals surface area contributed by atoms with Crippen LogP contribution in [0.3, 0.4) is 0 Å². The number of rotatable bonds is 9. The molecule has 1 aliphatic heterocycles. The molecule has 0 radical (unpaired) electrons. The lowest BCUT2D eigenvalue weighted by molar-refractivity contribution is -0.119. The second kappa shape index (κ2) is 13.4. The standard InChI is InChI=1S/C35H36N6O5/c1-23-8-10-24(11-9-23)41-32(21-30(40-41)35(2)15-18-45-19-16-35)39-34(43)37-28-12-13-29(27-7-5-4-6-26(27)28)46-25-14-17-36-31(20-25)38-33(42)22-44-3/h4-14,17,20-21H,15-16,18-19,22H2,1-3H3,(H,36,38,42)(H2,37,39,43). The van der Waals surface area contributed by atoms with Crippen LogP contribution in [-0.4, -0.2) is 53.6 Å². The molecule has 3 aromatic carbocycles. The number of benzene rings is 3. The highest BCUT2D eigenvalue weighted by molar-refractivity contribution is 6.07. The van der Waals surface area contributed by atoms with E-state index in [1.807, 2.05) is 61.5 Å². The van der Waals surface area contributed by atoms with Crippen LogP contribution in [0.15, 0.2) is 85.1 Å². The van der Waals surface area contributed by atoms with Gasteiger partial charge in [-0.05, 0) is 50.1 Å². The van der Waals surface area contributed by atoms with Crippen molar-refractivity contribution in [1.82, 2.24) is 14.8 Å². The first-order valence-electron chi connectivity index (χ1n) is 15.1. The quantitative estimate of drug-likeness (QED) is 0.165. The number of fused-ring (bicyclic) bond motifs is 1. The molecule has 3 heterocycles. The van der Waals surface area contributed by atoms with E-state index in [1.54, 1.807) is 35.1 Å². The van der Waals surface area contributed by atoms with E-state index in [0.717, 1.165) is 40.6 Å². The number of pyridine rings is 1. The van der Waals surface area contributed by atoms with Crippen molar-refractivity contribution in [1.29, 1.82) is 0 Å². The number of urea groups is 1. The van der Waals surface area contributed by atoms with Gasteiger partial charge in [-0.1, -0.05) is 48.9 Å². The van der Waals surface area contributed by atoms with Crippen LogP contribution in [0.25, 0.3) is 16.5 Å². The Balaban J connectivity index is 1.24. The predicted molar refractivity (Wildman–Crippen MR) is 177 cm³/mol. The maximum atomic E-state index is 13.5. The van der Waals surface area contributed by atoms with Crippen LogP contribution in [0.4, 0.5) is 22.1 Å². The largest absolute Gasteiger partial charge is 0.457 e. The molecule has 3 N–H and O–H groups in total. The van der Waals surface area contributed by atoms with Crippen molar-refractivity contribution in [2.75, 3.05) is 42.9 Å². The fourth-order valence-corrected chi connectivity index (χ4v) is 5.45. The van der Waals surface area contributed by atoms with Gasteiger partial charge >= 0.3 is 6.03 Å². The lowest BCUT2D eigenvalue weighted by atomic mass is 9.79. The first kappa shape index (κ1) is 30.8. The molecule has 0 unspecified atom stereocenters. The maximum absolute atomic E-state index is 13.5. The van der Waals surface area contributed by atoms with E-state index >= 15 is 0 Å². The number of ether oxygens (including phenoxy) is 3. The van der Waals surface area contributed by atoms with E-state index in [1.165, 1.54) is 7.11 Å². The van der Waals surface area contributed by atoms with Gasteiger partial charge in [-0.3, -0.25) is 10.1 Å². The van der Waals surface area contributed by atoms with E-state index in [2.05, 4.69) is 27.9 Å². The molecule has 46 heavy (non-hydrogen) atoms. The van der Waals surface area contributed by atoms with Gasteiger partial charge in [0, 0.05) is 54.8 Å². The van der Waals surface area contributed by atoms with Crippen LogP contribution in [0.5, 0.6) is 11.5 Å². The highest BCUT2D eigenvalue weighted by atomic mass is 16.5. The summed E-state index contributed by atoms with van der Waals surface area (Å²) in [5.41, 5.74) is 3.36. The van der Waals surface area contributed by atoms with Crippen LogP contribution < -0.4 is 20.7 Å². The molecule has 1 fully saturated rings. The number of anilines is 3. The minimum atomic E-state index is -0.402. The van der Waals surface area contributed by atoms with E-state index in [0.29, 0.717) is 42.0 Å². The summed E-state index contributed by atoms with van der Waals surface area (Å²) in [7, 11) is 1.45. The van der Waals surface area contributed by atoms with Gasteiger partial charge in [-0.2, -0.15) is 5.10 Å². The summed E-state index contributed by atoms with van der Waals surface area (Å²) in [6.45, 7) is 5.51. The van der Waals surface area contributed by atoms with Crippen LogP contribution in [-0.2, 0) is 19.7 Å². The third-order valence-electron chi connectivity index (χ3n) is 8.08. The summed E-state index contributed by atoms with van der Waals surface area (Å²) < 4.78 is 18.5. The summed E-state index contributed by atoms with van der Waals surface area (Å²) in [5, 5.41) is 15.3. The highest BCUT2D eigenvalue weighted by Crippen LogP contribution is 2.37. The van der Waals surface area contributed by atoms with Crippen LogP contribution in [0.2, 0.25) is 0 Å². The fourth-order valence-electron chi connectivity index (χ4n) is 5.45. The van der Waals surface area contributed by atoms with Crippen molar-refractivity contribution >= 4 is 40.0 Å². The van der Waals surface area contributed by atoms with Crippen LogP contribution >= 0.6 is 0 Å². The van der Waals surface area contributed by atoms with E-state index in [-0.39, 0.29) is 17.9 Å². The molecule has 0 saturated carbocycles. The van der Waals surface area contributed by atoms with E-state index in [9.17, 15) is 9.59 Å². The predicted octanol–water partition coefficient (Wildman–Crippen LogP) is 6.82. The third kappa shape index (κ3) is 6.85. The van der Waals surface area contributed by atoms with Crippen molar-refractivity contribution in [3.05, 3.63) is 96.3 Å².